The van der Waals surface area contributed by atoms with E-state index in [1.54, 1.807) is 25.1 Å². The third-order valence-corrected chi connectivity index (χ3v) is 4.85. The van der Waals surface area contributed by atoms with Crippen molar-refractivity contribution in [2.24, 2.45) is 0 Å². The molecule has 162 valence electrons. The highest BCUT2D eigenvalue weighted by molar-refractivity contribution is 5.92. The molecule has 0 radical (unpaired) electrons. The molecular weight excluding hydrogens is 398 g/mol. The van der Waals surface area contributed by atoms with Gasteiger partial charge in [-0.15, -0.1) is 0 Å². The van der Waals surface area contributed by atoms with Crippen LogP contribution in [0.1, 0.15) is 11.3 Å². The van der Waals surface area contributed by atoms with Crippen LogP contribution >= 0.6 is 0 Å². The molecule has 1 heterocycles. The van der Waals surface area contributed by atoms with Gasteiger partial charge in [0.25, 0.3) is 5.56 Å². The molecule has 0 fully saturated rings. The molecule has 2 aromatic carbocycles. The number of aliphatic hydroxyl groups excluding tert-OH is 1. The summed E-state index contributed by atoms with van der Waals surface area (Å²) in [6.07, 6.45) is 0.165. The number of amides is 1. The Balaban J connectivity index is 2.01. The second kappa shape index (κ2) is 9.90. The first-order valence-corrected chi connectivity index (χ1v) is 9.77. The number of benzene rings is 2. The van der Waals surface area contributed by atoms with Gasteiger partial charge in [-0.3, -0.25) is 14.2 Å². The maximum atomic E-state index is 13.2. The second-order valence-corrected chi connectivity index (χ2v) is 6.84. The van der Waals surface area contributed by atoms with Crippen molar-refractivity contribution in [2.45, 2.75) is 19.9 Å². The lowest BCUT2D eigenvalue weighted by Crippen LogP contribution is -2.33. The molecule has 0 unspecified atom stereocenters. The highest BCUT2D eigenvalue weighted by Crippen LogP contribution is 2.29. The molecule has 0 aliphatic carbocycles. The standard InChI is InChI=1S/C23H25N3O5/c1-15-18(11-12-27)23(29)26(22(24-15)16-7-5-4-6-8-16)14-21(28)25-19-13-17(30-2)9-10-20(19)31-3/h4-10,13,27H,11-12,14H2,1-3H3,(H,25,28). The Hall–Kier alpha value is -3.65. The SMILES string of the molecule is COc1ccc(OC)c(NC(=O)Cn2c(-c3ccccc3)nc(C)c(CCO)c2=O)c1. The summed E-state index contributed by atoms with van der Waals surface area (Å²) >= 11 is 0. The largest absolute Gasteiger partial charge is 0.497 e. The molecular formula is C23H25N3O5. The number of hydrogen-bond acceptors (Lipinski definition) is 6. The average Bonchev–Trinajstić information content (AvgIpc) is 2.78. The van der Waals surface area contributed by atoms with Crippen LogP contribution in [0.15, 0.2) is 53.3 Å². The summed E-state index contributed by atoms with van der Waals surface area (Å²) < 4.78 is 11.8. The predicted octanol–water partition coefficient (Wildman–Crippen LogP) is 2.41. The van der Waals surface area contributed by atoms with Gasteiger partial charge in [0, 0.05) is 35.9 Å². The molecule has 0 aliphatic heterocycles. The van der Waals surface area contributed by atoms with Crippen molar-refractivity contribution in [1.29, 1.82) is 0 Å². The van der Waals surface area contributed by atoms with E-state index in [0.717, 1.165) is 0 Å². The topological polar surface area (TPSA) is 103 Å². The maximum Gasteiger partial charge on any atom is 0.257 e. The number of aryl methyl sites for hydroxylation is 1. The van der Waals surface area contributed by atoms with E-state index in [4.69, 9.17) is 9.47 Å². The maximum absolute atomic E-state index is 13.2. The van der Waals surface area contributed by atoms with E-state index in [0.29, 0.717) is 39.8 Å². The summed E-state index contributed by atoms with van der Waals surface area (Å²) in [5.74, 6) is 0.984. The molecule has 8 heteroatoms. The van der Waals surface area contributed by atoms with Crippen molar-refractivity contribution in [3.8, 4) is 22.9 Å². The van der Waals surface area contributed by atoms with Gasteiger partial charge in [0.15, 0.2) is 0 Å². The van der Waals surface area contributed by atoms with Crippen LogP contribution < -0.4 is 20.3 Å². The van der Waals surface area contributed by atoms with Gasteiger partial charge in [0.05, 0.1) is 19.9 Å². The normalized spacial score (nSPS) is 10.6. The van der Waals surface area contributed by atoms with E-state index in [-0.39, 0.29) is 25.1 Å². The third kappa shape index (κ3) is 4.92. The molecule has 0 spiro atoms. The lowest BCUT2D eigenvalue weighted by Gasteiger charge is -2.16. The van der Waals surface area contributed by atoms with Gasteiger partial charge in [-0.1, -0.05) is 30.3 Å². The van der Waals surface area contributed by atoms with Gasteiger partial charge < -0.3 is 19.9 Å². The number of aliphatic hydroxyl groups is 1. The fourth-order valence-corrected chi connectivity index (χ4v) is 3.30. The number of carbonyl (C=O) groups is 1. The summed E-state index contributed by atoms with van der Waals surface area (Å²) in [5.41, 5.74) is 1.70. The van der Waals surface area contributed by atoms with Gasteiger partial charge in [-0.05, 0) is 19.1 Å². The first kappa shape index (κ1) is 22.0. The molecule has 8 nitrogen and oxygen atoms in total. The Kier molecular flexibility index (Phi) is 7.04. The van der Waals surface area contributed by atoms with Gasteiger partial charge in [0.1, 0.15) is 23.9 Å². The number of aromatic nitrogens is 2. The quantitative estimate of drug-likeness (QED) is 0.577. The summed E-state index contributed by atoms with van der Waals surface area (Å²) in [4.78, 5) is 30.6. The van der Waals surface area contributed by atoms with Crippen molar-refractivity contribution < 1.29 is 19.4 Å². The third-order valence-electron chi connectivity index (χ3n) is 4.85. The lowest BCUT2D eigenvalue weighted by molar-refractivity contribution is -0.116. The fourth-order valence-electron chi connectivity index (χ4n) is 3.30. The smallest absolute Gasteiger partial charge is 0.257 e. The van der Waals surface area contributed by atoms with Gasteiger partial charge >= 0.3 is 0 Å². The monoisotopic (exact) mass is 423 g/mol. The Bertz CT molecular complexity index is 1130. The number of methoxy groups -OCH3 is 2. The van der Waals surface area contributed by atoms with E-state index in [1.165, 1.54) is 18.8 Å². The van der Waals surface area contributed by atoms with Crippen LogP contribution in [0.25, 0.3) is 11.4 Å². The highest BCUT2D eigenvalue weighted by atomic mass is 16.5. The van der Waals surface area contributed by atoms with Crippen LogP contribution in [0.3, 0.4) is 0 Å². The van der Waals surface area contributed by atoms with Gasteiger partial charge in [0.2, 0.25) is 5.91 Å². The van der Waals surface area contributed by atoms with Crippen LogP contribution in [0, 0.1) is 6.92 Å². The number of rotatable bonds is 8. The minimum absolute atomic E-state index is 0.165. The molecule has 0 atom stereocenters. The summed E-state index contributed by atoms with van der Waals surface area (Å²) in [6.45, 7) is 1.29. The van der Waals surface area contributed by atoms with E-state index in [1.807, 2.05) is 30.3 Å². The van der Waals surface area contributed by atoms with Crippen LogP contribution in [-0.4, -0.2) is 41.4 Å². The zero-order valence-electron chi connectivity index (χ0n) is 17.7. The molecule has 3 aromatic rings. The number of anilines is 1. The van der Waals surface area contributed by atoms with Crippen LogP contribution in [0.2, 0.25) is 0 Å². The van der Waals surface area contributed by atoms with Crippen LogP contribution in [0.5, 0.6) is 11.5 Å². The fraction of sp³-hybridized carbons (Fsp3) is 0.261. The minimum atomic E-state index is -0.425. The van der Waals surface area contributed by atoms with Crippen molar-refractivity contribution >= 4 is 11.6 Å². The van der Waals surface area contributed by atoms with Crippen molar-refractivity contribution in [3.05, 3.63) is 70.1 Å². The van der Waals surface area contributed by atoms with Crippen LogP contribution in [-0.2, 0) is 17.8 Å². The summed E-state index contributed by atoms with van der Waals surface area (Å²) in [5, 5.41) is 12.1. The number of nitrogens with zero attached hydrogens (tertiary/aromatic N) is 2. The molecule has 0 aliphatic rings. The average molecular weight is 423 g/mol. The summed E-state index contributed by atoms with van der Waals surface area (Å²) in [7, 11) is 3.03. The Morgan fingerprint density at radius 2 is 1.87 bits per heavy atom. The van der Waals surface area contributed by atoms with E-state index >= 15 is 0 Å². The molecule has 0 saturated heterocycles. The van der Waals surface area contributed by atoms with Crippen LogP contribution in [0.4, 0.5) is 5.69 Å². The molecule has 3 rings (SSSR count). The first-order valence-electron chi connectivity index (χ1n) is 9.77. The Morgan fingerprint density at radius 1 is 1.13 bits per heavy atom. The second-order valence-electron chi connectivity index (χ2n) is 6.84. The van der Waals surface area contributed by atoms with Crippen molar-refractivity contribution in [2.75, 3.05) is 26.1 Å². The number of nitrogens with one attached hydrogen (secondary N) is 1. The zero-order valence-corrected chi connectivity index (χ0v) is 17.7. The molecule has 0 bridgehead atoms. The highest BCUT2D eigenvalue weighted by Gasteiger charge is 2.18. The minimum Gasteiger partial charge on any atom is -0.497 e. The summed E-state index contributed by atoms with van der Waals surface area (Å²) in [6, 6.07) is 14.2. The molecule has 1 amide bonds. The molecule has 0 saturated carbocycles. The number of carbonyl (C=O) groups excluding carboxylic acids is 1. The first-order chi connectivity index (χ1) is 15.0. The number of ether oxygens (including phenoxy) is 2. The Labute approximate surface area is 180 Å². The molecule has 31 heavy (non-hydrogen) atoms. The molecule has 1 aromatic heterocycles. The Morgan fingerprint density at radius 3 is 2.52 bits per heavy atom. The molecule has 2 N–H and O–H groups in total. The van der Waals surface area contributed by atoms with Gasteiger partial charge in [-0.25, -0.2) is 4.98 Å². The number of hydrogen-bond donors (Lipinski definition) is 2. The lowest BCUT2D eigenvalue weighted by atomic mass is 10.1. The zero-order chi connectivity index (χ0) is 22.4. The predicted molar refractivity (Wildman–Crippen MR) is 118 cm³/mol. The van der Waals surface area contributed by atoms with Gasteiger partial charge in [-0.2, -0.15) is 0 Å². The van der Waals surface area contributed by atoms with E-state index in [2.05, 4.69) is 10.3 Å². The van der Waals surface area contributed by atoms with E-state index in [9.17, 15) is 14.7 Å². The van der Waals surface area contributed by atoms with Crippen molar-refractivity contribution in [3.63, 3.8) is 0 Å². The van der Waals surface area contributed by atoms with E-state index < -0.39 is 5.91 Å². The van der Waals surface area contributed by atoms with Crippen molar-refractivity contribution in [1.82, 2.24) is 9.55 Å².